The molecule has 1 N–H and O–H groups in total. The number of hydrogen-bond donors (Lipinski definition) is 1. The summed E-state index contributed by atoms with van der Waals surface area (Å²) in [6, 6.07) is 0. The molecule has 4 heterocycles. The highest BCUT2D eigenvalue weighted by Gasteiger charge is 2.22. The van der Waals surface area contributed by atoms with Crippen LogP contribution in [0.2, 0.25) is 0 Å². The Hall–Kier alpha value is -2.05. The van der Waals surface area contributed by atoms with E-state index in [4.69, 9.17) is 9.51 Å². The Morgan fingerprint density at radius 1 is 1.33 bits per heavy atom. The van der Waals surface area contributed by atoms with E-state index < -0.39 is 0 Å². The van der Waals surface area contributed by atoms with E-state index >= 15 is 0 Å². The van der Waals surface area contributed by atoms with Gasteiger partial charge in [0.05, 0.1) is 5.56 Å². The molecule has 6 heteroatoms. The van der Waals surface area contributed by atoms with E-state index in [2.05, 4.69) is 34.7 Å². The molecule has 0 bridgehead atoms. The van der Waals surface area contributed by atoms with Gasteiger partial charge in [0.1, 0.15) is 0 Å². The zero-order valence-corrected chi connectivity index (χ0v) is 15.0. The normalized spacial score (nSPS) is 14.0. The summed E-state index contributed by atoms with van der Waals surface area (Å²) in [5.74, 6) is 1.26. The Balaban J connectivity index is 1.81. The van der Waals surface area contributed by atoms with Crippen molar-refractivity contribution < 1.29 is 4.52 Å². The van der Waals surface area contributed by atoms with Crippen molar-refractivity contribution in [2.75, 3.05) is 6.54 Å². The van der Waals surface area contributed by atoms with Gasteiger partial charge < -0.3 is 9.84 Å². The van der Waals surface area contributed by atoms with Crippen molar-refractivity contribution in [2.45, 2.75) is 40.2 Å². The molecule has 24 heavy (non-hydrogen) atoms. The fourth-order valence-corrected chi connectivity index (χ4v) is 4.33. The van der Waals surface area contributed by atoms with Crippen molar-refractivity contribution in [3.8, 4) is 22.8 Å². The van der Waals surface area contributed by atoms with Crippen molar-refractivity contribution in [1.82, 2.24) is 20.4 Å². The number of pyridine rings is 1. The van der Waals surface area contributed by atoms with Gasteiger partial charge in [-0.3, -0.25) is 4.98 Å². The predicted octanol–water partition coefficient (Wildman–Crippen LogP) is 3.69. The topological polar surface area (TPSA) is 63.8 Å². The van der Waals surface area contributed by atoms with Crippen LogP contribution in [0.4, 0.5) is 0 Å². The number of thiophene rings is 1. The van der Waals surface area contributed by atoms with Gasteiger partial charge in [0.25, 0.3) is 5.89 Å². The molecule has 1 aliphatic rings. The summed E-state index contributed by atoms with van der Waals surface area (Å²) in [5, 5.41) is 9.77. The van der Waals surface area contributed by atoms with Crippen LogP contribution >= 0.6 is 11.3 Å². The van der Waals surface area contributed by atoms with Gasteiger partial charge >= 0.3 is 0 Å². The van der Waals surface area contributed by atoms with Crippen LogP contribution in [0.1, 0.15) is 34.2 Å². The highest BCUT2D eigenvalue weighted by atomic mass is 32.1. The van der Waals surface area contributed by atoms with Gasteiger partial charge in [-0.25, -0.2) is 0 Å². The number of rotatable bonds is 3. The van der Waals surface area contributed by atoms with Crippen LogP contribution in [0, 0.1) is 13.8 Å². The fourth-order valence-electron chi connectivity index (χ4n) is 3.40. The zero-order chi connectivity index (χ0) is 16.7. The average molecular weight is 340 g/mol. The molecular formula is C18H20N4OS. The molecule has 0 amide bonds. The Labute approximate surface area is 145 Å². The van der Waals surface area contributed by atoms with Crippen LogP contribution in [0.5, 0.6) is 0 Å². The van der Waals surface area contributed by atoms with Crippen molar-refractivity contribution >= 4 is 11.3 Å². The van der Waals surface area contributed by atoms with Crippen LogP contribution in [-0.4, -0.2) is 21.7 Å². The quantitative estimate of drug-likeness (QED) is 0.788. The van der Waals surface area contributed by atoms with E-state index in [-0.39, 0.29) is 0 Å². The molecule has 0 saturated carbocycles. The molecular weight excluding hydrogens is 320 g/mol. The number of hydrogen-bond acceptors (Lipinski definition) is 6. The molecule has 3 aromatic rings. The van der Waals surface area contributed by atoms with E-state index in [1.165, 1.54) is 21.6 Å². The lowest BCUT2D eigenvalue weighted by molar-refractivity contribution is 0.432. The summed E-state index contributed by atoms with van der Waals surface area (Å²) < 4.78 is 5.61. The standard InChI is InChI=1S/C18H20N4OS/c1-4-13-11(3)24-9-15(13)18-21-17(22-23-18)16-10(2)20-8-12-7-19-6-5-14(12)16/h8-9,19H,4-7H2,1-3H3. The van der Waals surface area contributed by atoms with Crippen LogP contribution in [0.25, 0.3) is 22.8 Å². The summed E-state index contributed by atoms with van der Waals surface area (Å²) in [6.07, 6.45) is 3.89. The van der Waals surface area contributed by atoms with E-state index in [0.717, 1.165) is 42.8 Å². The van der Waals surface area contributed by atoms with Gasteiger partial charge in [-0.2, -0.15) is 4.98 Å². The first kappa shape index (κ1) is 15.5. The summed E-state index contributed by atoms with van der Waals surface area (Å²) in [6.45, 7) is 8.13. The van der Waals surface area contributed by atoms with E-state index in [9.17, 15) is 0 Å². The third-order valence-electron chi connectivity index (χ3n) is 4.67. The average Bonchev–Trinajstić information content (AvgIpc) is 3.21. The molecule has 0 atom stereocenters. The van der Waals surface area contributed by atoms with Crippen LogP contribution < -0.4 is 5.32 Å². The number of aromatic nitrogens is 3. The van der Waals surface area contributed by atoms with E-state index in [1.54, 1.807) is 11.3 Å². The minimum Gasteiger partial charge on any atom is -0.334 e. The monoisotopic (exact) mass is 340 g/mol. The second-order valence-electron chi connectivity index (χ2n) is 6.11. The summed E-state index contributed by atoms with van der Waals surface area (Å²) in [5.41, 5.74) is 6.88. The first-order valence-corrected chi connectivity index (χ1v) is 9.16. The second-order valence-corrected chi connectivity index (χ2v) is 7.19. The summed E-state index contributed by atoms with van der Waals surface area (Å²) >= 11 is 1.73. The van der Waals surface area contributed by atoms with Gasteiger partial charge in [0, 0.05) is 34.3 Å². The summed E-state index contributed by atoms with van der Waals surface area (Å²) in [7, 11) is 0. The molecule has 0 aliphatic carbocycles. The van der Waals surface area contributed by atoms with Gasteiger partial charge in [-0.15, -0.1) is 11.3 Å². The second kappa shape index (κ2) is 6.11. The van der Waals surface area contributed by atoms with Gasteiger partial charge in [-0.05, 0) is 49.9 Å². The Morgan fingerprint density at radius 2 is 2.21 bits per heavy atom. The largest absolute Gasteiger partial charge is 0.334 e. The molecule has 5 nitrogen and oxygen atoms in total. The van der Waals surface area contributed by atoms with Crippen LogP contribution in [0.15, 0.2) is 16.1 Å². The first-order chi connectivity index (χ1) is 11.7. The number of nitrogens with one attached hydrogen (secondary N) is 1. The van der Waals surface area contributed by atoms with Crippen molar-refractivity contribution in [2.24, 2.45) is 0 Å². The molecule has 0 spiro atoms. The molecule has 0 aromatic carbocycles. The van der Waals surface area contributed by atoms with Crippen molar-refractivity contribution in [3.63, 3.8) is 0 Å². The van der Waals surface area contributed by atoms with E-state index in [1.807, 2.05) is 13.1 Å². The minimum absolute atomic E-state index is 0.608. The zero-order valence-electron chi connectivity index (χ0n) is 14.1. The SMILES string of the molecule is CCc1c(-c2nc(-c3c(C)ncc4c3CCNC4)no2)csc1C. The van der Waals surface area contributed by atoms with Crippen molar-refractivity contribution in [3.05, 3.63) is 38.8 Å². The number of nitrogens with zero attached hydrogens (tertiary/aromatic N) is 3. The Morgan fingerprint density at radius 3 is 3.04 bits per heavy atom. The third-order valence-corrected chi connectivity index (χ3v) is 5.62. The Kier molecular flexibility index (Phi) is 3.94. The molecule has 0 unspecified atom stereocenters. The van der Waals surface area contributed by atoms with Crippen LogP contribution in [0.3, 0.4) is 0 Å². The molecule has 0 fully saturated rings. The highest BCUT2D eigenvalue weighted by molar-refractivity contribution is 7.10. The lowest BCUT2D eigenvalue weighted by Crippen LogP contribution is -2.24. The summed E-state index contributed by atoms with van der Waals surface area (Å²) in [4.78, 5) is 10.6. The predicted molar refractivity (Wildman–Crippen MR) is 95.1 cm³/mol. The lowest BCUT2D eigenvalue weighted by atomic mass is 9.95. The maximum absolute atomic E-state index is 5.61. The van der Waals surface area contributed by atoms with Gasteiger partial charge in [0.2, 0.25) is 5.82 Å². The van der Waals surface area contributed by atoms with Crippen molar-refractivity contribution in [1.29, 1.82) is 0 Å². The molecule has 0 radical (unpaired) electrons. The first-order valence-electron chi connectivity index (χ1n) is 8.28. The van der Waals surface area contributed by atoms with Gasteiger partial charge in [-0.1, -0.05) is 12.1 Å². The third kappa shape index (κ3) is 2.46. The van der Waals surface area contributed by atoms with E-state index in [0.29, 0.717) is 11.7 Å². The molecule has 124 valence electrons. The smallest absolute Gasteiger partial charge is 0.259 e. The minimum atomic E-state index is 0.608. The molecule has 1 aliphatic heterocycles. The lowest BCUT2D eigenvalue weighted by Gasteiger charge is -2.19. The fraction of sp³-hybridized carbons (Fsp3) is 0.389. The highest BCUT2D eigenvalue weighted by Crippen LogP contribution is 2.34. The number of aryl methyl sites for hydroxylation is 2. The molecule has 0 saturated heterocycles. The number of fused-ring (bicyclic) bond motifs is 1. The maximum Gasteiger partial charge on any atom is 0.259 e. The molecule has 4 rings (SSSR count). The van der Waals surface area contributed by atoms with Gasteiger partial charge in [0.15, 0.2) is 0 Å². The molecule has 3 aromatic heterocycles. The Bertz CT molecular complexity index is 897. The van der Waals surface area contributed by atoms with Crippen LogP contribution in [-0.2, 0) is 19.4 Å². The maximum atomic E-state index is 5.61.